The number of carbonyl (C=O) groups is 2. The largest absolute Gasteiger partial charge is 0.496 e. The molecule has 0 unspecified atom stereocenters. The fraction of sp³-hybridized carbons (Fsp3) is 0.250. The van der Waals surface area contributed by atoms with Crippen molar-refractivity contribution in [2.45, 2.75) is 13.8 Å². The van der Waals surface area contributed by atoms with Crippen LogP contribution in [-0.4, -0.2) is 26.1 Å². The maximum absolute atomic E-state index is 13.4. The average molecular weight is 337 g/mol. The van der Waals surface area contributed by atoms with Gasteiger partial charge >= 0.3 is 5.97 Å². The molecule has 1 amide bonds. The summed E-state index contributed by atoms with van der Waals surface area (Å²) in [6, 6.07) is 3.66. The molecule has 7 heteroatoms. The SMILES string of the molecule is COC(=O)c1c(NC(=O)c2cc(F)ccc2OC)sc(C)c1C. The van der Waals surface area contributed by atoms with Crippen molar-refractivity contribution in [3.8, 4) is 5.75 Å². The summed E-state index contributed by atoms with van der Waals surface area (Å²) in [5.74, 6) is -1.41. The average Bonchev–Trinajstić information content (AvgIpc) is 2.80. The summed E-state index contributed by atoms with van der Waals surface area (Å²) < 4.78 is 23.2. The highest BCUT2D eigenvalue weighted by molar-refractivity contribution is 7.16. The lowest BCUT2D eigenvalue weighted by Crippen LogP contribution is -2.15. The van der Waals surface area contributed by atoms with E-state index in [-0.39, 0.29) is 11.3 Å². The van der Waals surface area contributed by atoms with Gasteiger partial charge < -0.3 is 14.8 Å². The minimum Gasteiger partial charge on any atom is -0.496 e. The number of hydrogen-bond acceptors (Lipinski definition) is 5. The minimum atomic E-state index is -0.562. The molecule has 1 aromatic carbocycles. The van der Waals surface area contributed by atoms with Crippen LogP contribution >= 0.6 is 11.3 Å². The highest BCUT2D eigenvalue weighted by atomic mass is 32.1. The van der Waals surface area contributed by atoms with Crippen LogP contribution in [-0.2, 0) is 4.74 Å². The molecule has 23 heavy (non-hydrogen) atoms. The standard InChI is InChI=1S/C16H16FNO4S/c1-8-9(2)23-15(13(8)16(20)22-4)18-14(19)11-7-10(17)5-6-12(11)21-3/h5-7H,1-4H3,(H,18,19). The number of benzene rings is 1. The van der Waals surface area contributed by atoms with Crippen molar-refractivity contribution in [2.24, 2.45) is 0 Å². The molecule has 0 aliphatic carbocycles. The van der Waals surface area contributed by atoms with Crippen molar-refractivity contribution < 1.29 is 23.5 Å². The van der Waals surface area contributed by atoms with Crippen LogP contribution in [0.3, 0.4) is 0 Å². The molecular formula is C16H16FNO4S. The van der Waals surface area contributed by atoms with Crippen molar-refractivity contribution in [2.75, 3.05) is 19.5 Å². The topological polar surface area (TPSA) is 64.6 Å². The third-order valence-electron chi connectivity index (χ3n) is 3.41. The highest BCUT2D eigenvalue weighted by Crippen LogP contribution is 2.33. The molecule has 0 bridgehead atoms. The number of esters is 1. The van der Waals surface area contributed by atoms with Gasteiger partial charge in [-0.1, -0.05) is 0 Å². The molecule has 2 rings (SSSR count). The fourth-order valence-corrected chi connectivity index (χ4v) is 3.13. The van der Waals surface area contributed by atoms with Gasteiger partial charge in [0.25, 0.3) is 5.91 Å². The number of nitrogens with one attached hydrogen (secondary N) is 1. The second kappa shape index (κ2) is 6.78. The maximum atomic E-state index is 13.4. The van der Waals surface area contributed by atoms with Crippen LogP contribution in [0.2, 0.25) is 0 Å². The Balaban J connectivity index is 2.40. The summed E-state index contributed by atoms with van der Waals surface area (Å²) >= 11 is 1.26. The lowest BCUT2D eigenvalue weighted by Gasteiger charge is -2.09. The Labute approximate surface area is 137 Å². The van der Waals surface area contributed by atoms with Crippen molar-refractivity contribution in [3.05, 3.63) is 45.6 Å². The first kappa shape index (κ1) is 17.0. The Morgan fingerprint density at radius 2 is 1.91 bits per heavy atom. The van der Waals surface area contributed by atoms with E-state index in [4.69, 9.17) is 9.47 Å². The molecule has 5 nitrogen and oxygen atoms in total. The summed E-state index contributed by atoms with van der Waals surface area (Å²) in [7, 11) is 2.67. The van der Waals surface area contributed by atoms with Gasteiger partial charge in [0.15, 0.2) is 0 Å². The zero-order valence-corrected chi connectivity index (χ0v) is 14.0. The summed E-state index contributed by atoms with van der Waals surface area (Å²) in [6.07, 6.45) is 0. The zero-order chi connectivity index (χ0) is 17.1. The first-order chi connectivity index (χ1) is 10.9. The molecule has 2 aromatic rings. The zero-order valence-electron chi connectivity index (χ0n) is 13.2. The third kappa shape index (κ3) is 3.34. The number of rotatable bonds is 4. The quantitative estimate of drug-likeness (QED) is 0.867. The van der Waals surface area contributed by atoms with Crippen LogP contribution < -0.4 is 10.1 Å². The number of halogens is 1. The van der Waals surface area contributed by atoms with Crippen LogP contribution in [0.4, 0.5) is 9.39 Å². The smallest absolute Gasteiger partial charge is 0.341 e. The first-order valence-corrected chi connectivity index (χ1v) is 7.53. The number of anilines is 1. The lowest BCUT2D eigenvalue weighted by molar-refractivity contribution is 0.0601. The van der Waals surface area contributed by atoms with Crippen LogP contribution in [0.5, 0.6) is 5.75 Å². The Kier molecular flexibility index (Phi) is 5.00. The molecule has 0 aliphatic heterocycles. The molecule has 122 valence electrons. The number of carbonyl (C=O) groups excluding carboxylic acids is 2. The van der Waals surface area contributed by atoms with Crippen LogP contribution in [0, 0.1) is 19.7 Å². The second-order valence-corrected chi connectivity index (χ2v) is 6.00. The number of amides is 1. The van der Waals surface area contributed by atoms with Gasteiger partial charge in [0, 0.05) is 4.88 Å². The second-order valence-electron chi connectivity index (χ2n) is 4.78. The van der Waals surface area contributed by atoms with Crippen LogP contribution in [0.25, 0.3) is 0 Å². The Morgan fingerprint density at radius 1 is 1.22 bits per heavy atom. The Hall–Kier alpha value is -2.41. The van der Waals surface area contributed by atoms with E-state index in [9.17, 15) is 14.0 Å². The van der Waals surface area contributed by atoms with Gasteiger partial charge in [-0.2, -0.15) is 0 Å². The maximum Gasteiger partial charge on any atom is 0.341 e. The molecule has 0 saturated heterocycles. The van der Waals surface area contributed by atoms with E-state index in [0.29, 0.717) is 10.6 Å². The lowest BCUT2D eigenvalue weighted by atomic mass is 10.1. The van der Waals surface area contributed by atoms with E-state index in [0.717, 1.165) is 16.5 Å². The monoisotopic (exact) mass is 337 g/mol. The van der Waals surface area contributed by atoms with E-state index in [2.05, 4.69) is 5.32 Å². The van der Waals surface area contributed by atoms with Gasteiger partial charge in [-0.15, -0.1) is 11.3 Å². The molecule has 0 radical (unpaired) electrons. The van der Waals surface area contributed by atoms with Gasteiger partial charge in [0.2, 0.25) is 0 Å². The minimum absolute atomic E-state index is 0.0482. The van der Waals surface area contributed by atoms with E-state index in [1.165, 1.54) is 37.7 Å². The van der Waals surface area contributed by atoms with Crippen molar-refractivity contribution in [3.63, 3.8) is 0 Å². The predicted molar refractivity (Wildman–Crippen MR) is 86.0 cm³/mol. The third-order valence-corrected chi connectivity index (χ3v) is 4.53. The molecule has 1 N–H and O–H groups in total. The van der Waals surface area contributed by atoms with E-state index in [1.807, 2.05) is 6.92 Å². The molecule has 1 heterocycles. The van der Waals surface area contributed by atoms with E-state index in [1.54, 1.807) is 6.92 Å². The Bertz CT molecular complexity index is 770. The van der Waals surface area contributed by atoms with Crippen molar-refractivity contribution >= 4 is 28.2 Å². The molecule has 0 fully saturated rings. The normalized spacial score (nSPS) is 10.3. The van der Waals surface area contributed by atoms with Crippen LogP contribution in [0.15, 0.2) is 18.2 Å². The molecule has 0 aliphatic rings. The van der Waals surface area contributed by atoms with Gasteiger partial charge in [-0.3, -0.25) is 4.79 Å². The summed E-state index contributed by atoms with van der Waals surface area (Å²) in [6.45, 7) is 3.61. The molecule has 0 spiro atoms. The Morgan fingerprint density at radius 3 is 2.52 bits per heavy atom. The van der Waals surface area contributed by atoms with Gasteiger partial charge in [-0.25, -0.2) is 9.18 Å². The van der Waals surface area contributed by atoms with Crippen LogP contribution in [0.1, 0.15) is 31.2 Å². The fourth-order valence-electron chi connectivity index (χ4n) is 2.09. The van der Waals surface area contributed by atoms with Crippen molar-refractivity contribution in [1.29, 1.82) is 0 Å². The molecule has 0 atom stereocenters. The van der Waals surface area contributed by atoms with E-state index < -0.39 is 17.7 Å². The van der Waals surface area contributed by atoms with Gasteiger partial charge in [0.1, 0.15) is 16.6 Å². The summed E-state index contributed by atoms with van der Waals surface area (Å²) in [4.78, 5) is 25.2. The number of methoxy groups -OCH3 is 2. The van der Waals surface area contributed by atoms with E-state index >= 15 is 0 Å². The van der Waals surface area contributed by atoms with Crippen molar-refractivity contribution in [1.82, 2.24) is 0 Å². The molecule has 0 saturated carbocycles. The summed E-state index contributed by atoms with van der Waals surface area (Å²) in [5.41, 5.74) is 1.09. The molecular weight excluding hydrogens is 321 g/mol. The molecule has 1 aromatic heterocycles. The van der Waals surface area contributed by atoms with Gasteiger partial charge in [0.05, 0.1) is 25.3 Å². The number of thiophene rings is 1. The predicted octanol–water partition coefficient (Wildman–Crippen LogP) is 3.55. The highest BCUT2D eigenvalue weighted by Gasteiger charge is 2.23. The van der Waals surface area contributed by atoms with Gasteiger partial charge in [-0.05, 0) is 37.6 Å². The number of aryl methyl sites for hydroxylation is 1. The summed E-state index contributed by atoms with van der Waals surface area (Å²) in [5, 5.41) is 3.00. The number of ether oxygens (including phenoxy) is 2. The number of hydrogen-bond donors (Lipinski definition) is 1. The first-order valence-electron chi connectivity index (χ1n) is 6.72.